The average molecular weight is 620 g/mol. The third-order valence-electron chi connectivity index (χ3n) is 5.00. The van der Waals surface area contributed by atoms with Crippen molar-refractivity contribution in [2.45, 2.75) is 53.6 Å². The van der Waals surface area contributed by atoms with Crippen LogP contribution >= 0.6 is 8.38 Å². The summed E-state index contributed by atoms with van der Waals surface area (Å²) >= 11 is 0. The van der Waals surface area contributed by atoms with Crippen molar-refractivity contribution in [3.63, 3.8) is 0 Å². The Morgan fingerprint density at radius 3 is 2.21 bits per heavy atom. The number of Topliss-reactive ketones (excluding diaryl/α,β-unsaturated/α-hetero) is 1. The maximum absolute atomic E-state index is 11.7. The molecule has 12 heteroatoms. The van der Waals surface area contributed by atoms with E-state index >= 15 is 0 Å². The highest BCUT2D eigenvalue weighted by molar-refractivity contribution is 7.47. The number of carboxylic acid groups (broad SMARTS) is 1. The molecule has 0 aliphatic heterocycles. The molecule has 0 aromatic heterocycles. The minimum absolute atomic E-state index is 0.00940. The van der Waals surface area contributed by atoms with Crippen molar-refractivity contribution in [2.24, 2.45) is 0 Å². The molecule has 2 aromatic rings. The van der Waals surface area contributed by atoms with E-state index in [0.717, 1.165) is 25.3 Å². The van der Waals surface area contributed by atoms with Crippen molar-refractivity contribution >= 4 is 38.4 Å². The number of carbonyl (C=O) groups is 5. The molecule has 11 nitrogen and oxygen atoms in total. The highest BCUT2D eigenvalue weighted by Gasteiger charge is 2.22. The zero-order chi connectivity index (χ0) is 32.6. The molecular formula is C31H42NO10P. The molecule has 1 unspecified atom stereocenters. The smallest absolute Gasteiger partial charge is 0.339 e. The van der Waals surface area contributed by atoms with Crippen molar-refractivity contribution in [1.29, 1.82) is 0 Å². The van der Waals surface area contributed by atoms with Gasteiger partial charge in [0.15, 0.2) is 11.9 Å². The van der Waals surface area contributed by atoms with E-state index in [-0.39, 0.29) is 41.5 Å². The van der Waals surface area contributed by atoms with Crippen LogP contribution < -0.4 is 14.6 Å². The zero-order valence-corrected chi connectivity index (χ0v) is 26.4. The molecule has 43 heavy (non-hydrogen) atoms. The Bertz CT molecular complexity index is 1170. The van der Waals surface area contributed by atoms with E-state index in [0.29, 0.717) is 19.1 Å². The molecule has 0 spiro atoms. The minimum atomic E-state index is -1.30. The lowest BCUT2D eigenvalue weighted by molar-refractivity contribution is -0.150. The van der Waals surface area contributed by atoms with Crippen LogP contribution in [0.5, 0.6) is 11.5 Å². The highest BCUT2D eigenvalue weighted by Crippen LogP contribution is 2.40. The average Bonchev–Trinajstić information content (AvgIpc) is 2.99. The Morgan fingerprint density at radius 1 is 1.05 bits per heavy atom. The summed E-state index contributed by atoms with van der Waals surface area (Å²) in [6.45, 7) is 9.71. The number of esters is 2. The molecule has 2 aromatic carbocycles. The Balaban J connectivity index is 0.000000730. The van der Waals surface area contributed by atoms with Crippen LogP contribution in [0.15, 0.2) is 60.7 Å². The van der Waals surface area contributed by atoms with E-state index in [1.807, 2.05) is 63.4 Å². The molecule has 0 aliphatic rings. The van der Waals surface area contributed by atoms with Crippen LogP contribution in [-0.4, -0.2) is 67.5 Å². The van der Waals surface area contributed by atoms with Crippen LogP contribution in [0.4, 0.5) is 0 Å². The fraction of sp³-hybridized carbons (Fsp3) is 0.387. The maximum atomic E-state index is 11.7. The number of ether oxygens (including phenoxy) is 2. The molecule has 236 valence electrons. The van der Waals surface area contributed by atoms with Gasteiger partial charge in [-0.15, -0.1) is 0 Å². The number of hydrogen-bond acceptors (Lipinski definition) is 10. The number of carboxylic acids is 1. The summed E-state index contributed by atoms with van der Waals surface area (Å²) < 4.78 is 21.2. The van der Waals surface area contributed by atoms with E-state index in [9.17, 15) is 24.0 Å². The van der Waals surface area contributed by atoms with Gasteiger partial charge < -0.3 is 33.7 Å². The quantitative estimate of drug-likeness (QED) is 0.0637. The lowest BCUT2D eigenvalue weighted by Crippen LogP contribution is -2.24. The fourth-order valence-corrected chi connectivity index (χ4v) is 4.29. The van der Waals surface area contributed by atoms with Crippen molar-refractivity contribution < 1.29 is 47.6 Å². The predicted octanol–water partition coefficient (Wildman–Crippen LogP) is 5.62. The number of carbonyl (C=O) groups excluding carboxylic acids is 4. The number of allylic oxidation sites excluding steroid dienone is 2. The van der Waals surface area contributed by atoms with Gasteiger partial charge in [-0.25, -0.2) is 9.59 Å². The van der Waals surface area contributed by atoms with E-state index in [1.165, 1.54) is 12.1 Å². The van der Waals surface area contributed by atoms with Crippen molar-refractivity contribution in [2.75, 3.05) is 26.4 Å². The molecule has 0 saturated heterocycles. The van der Waals surface area contributed by atoms with E-state index < -0.39 is 26.4 Å². The fourth-order valence-electron chi connectivity index (χ4n) is 2.85. The van der Waals surface area contributed by atoms with Gasteiger partial charge in [0.05, 0.1) is 6.61 Å². The standard InChI is InChI=1S/C14H22NO4P.C13H12O6.C4H8/c1-4-17-14(16)12(2)18-20(11-10-15-3)19-13-8-6-5-7-9-13;1-8(15)19-12-5-4-9(7-10(12)13(17)18)11(16)3-2-6-14;1-3-4-2/h5-9,12,15H,4,10-11H2,1-3H3;4-7H,2-3H2,1H3,(H,17,18);3-4H,1-2H3/b;;4-3-/t12-,20?;;/m1../s1. The summed E-state index contributed by atoms with van der Waals surface area (Å²) in [5.41, 5.74) is -0.109. The van der Waals surface area contributed by atoms with Gasteiger partial charge in [-0.3, -0.25) is 9.59 Å². The van der Waals surface area contributed by atoms with Gasteiger partial charge in [0, 0.05) is 38.0 Å². The molecule has 2 N–H and O–H groups in total. The van der Waals surface area contributed by atoms with Crippen LogP contribution in [0, 0.1) is 0 Å². The topological polar surface area (TPSA) is 155 Å². The first-order valence-electron chi connectivity index (χ1n) is 13.6. The molecular weight excluding hydrogens is 577 g/mol. The summed E-state index contributed by atoms with van der Waals surface area (Å²) in [5, 5.41) is 12.1. The van der Waals surface area contributed by atoms with Crippen LogP contribution in [0.3, 0.4) is 0 Å². The second-order valence-electron chi connectivity index (χ2n) is 8.47. The van der Waals surface area contributed by atoms with Gasteiger partial charge in [0.2, 0.25) is 8.38 Å². The van der Waals surface area contributed by atoms with Crippen LogP contribution in [0.1, 0.15) is 68.2 Å². The molecule has 0 saturated carbocycles. The number of rotatable bonds is 15. The second kappa shape index (κ2) is 23.6. The van der Waals surface area contributed by atoms with Gasteiger partial charge in [-0.05, 0) is 65.1 Å². The van der Waals surface area contributed by atoms with Crippen molar-refractivity contribution in [3.05, 3.63) is 71.8 Å². The number of ketones is 1. The predicted molar refractivity (Wildman–Crippen MR) is 165 cm³/mol. The summed E-state index contributed by atoms with van der Waals surface area (Å²) in [6.07, 6.45) is 4.78. The van der Waals surface area contributed by atoms with Gasteiger partial charge in [0.1, 0.15) is 23.3 Å². The largest absolute Gasteiger partial charge is 0.478 e. The van der Waals surface area contributed by atoms with Gasteiger partial charge >= 0.3 is 17.9 Å². The Morgan fingerprint density at radius 2 is 1.70 bits per heavy atom. The first-order chi connectivity index (χ1) is 20.5. The molecule has 0 aliphatic carbocycles. The zero-order valence-electron chi connectivity index (χ0n) is 25.5. The number of nitrogens with one attached hydrogen (secondary N) is 1. The number of para-hydroxylation sites is 1. The maximum Gasteiger partial charge on any atom is 0.339 e. The molecule has 0 fully saturated rings. The summed E-state index contributed by atoms with van der Waals surface area (Å²) in [6, 6.07) is 13.2. The van der Waals surface area contributed by atoms with Crippen LogP contribution in [0.25, 0.3) is 0 Å². The minimum Gasteiger partial charge on any atom is -0.478 e. The van der Waals surface area contributed by atoms with Crippen LogP contribution in [0.2, 0.25) is 0 Å². The van der Waals surface area contributed by atoms with Gasteiger partial charge in [-0.2, -0.15) is 0 Å². The van der Waals surface area contributed by atoms with Gasteiger partial charge in [0.25, 0.3) is 0 Å². The van der Waals surface area contributed by atoms with E-state index in [1.54, 1.807) is 13.8 Å². The summed E-state index contributed by atoms with van der Waals surface area (Å²) in [4.78, 5) is 55.3. The monoisotopic (exact) mass is 619 g/mol. The van der Waals surface area contributed by atoms with E-state index in [4.69, 9.17) is 23.6 Å². The second-order valence-corrected chi connectivity index (χ2v) is 9.97. The SMILES string of the molecule is C/C=C\C.CC(=O)Oc1ccc(C(=O)CCC=O)cc1C(=O)O.CCOC(=O)[C@@H](C)OP(CCNC)Oc1ccccc1. The normalized spacial score (nSPS) is 11.5. The van der Waals surface area contributed by atoms with Crippen LogP contribution in [-0.2, 0) is 23.6 Å². The lowest BCUT2D eigenvalue weighted by Gasteiger charge is -2.21. The van der Waals surface area contributed by atoms with Gasteiger partial charge in [-0.1, -0.05) is 30.4 Å². The Kier molecular flexibility index (Phi) is 21.5. The molecule has 0 amide bonds. The van der Waals surface area contributed by atoms with Crippen molar-refractivity contribution in [1.82, 2.24) is 5.32 Å². The number of aromatic carboxylic acids is 1. The van der Waals surface area contributed by atoms with Crippen molar-refractivity contribution in [3.8, 4) is 11.5 Å². The first kappa shape index (κ1) is 39.1. The third-order valence-corrected chi connectivity index (χ3v) is 6.55. The number of aldehydes is 1. The summed E-state index contributed by atoms with van der Waals surface area (Å²) in [5.74, 6) is -2.04. The first-order valence-corrected chi connectivity index (χ1v) is 15.0. The third kappa shape index (κ3) is 17.6. The van der Waals surface area contributed by atoms with E-state index in [2.05, 4.69) is 5.32 Å². The Labute approximate surface area is 254 Å². The number of hydrogen-bond donors (Lipinski definition) is 2. The molecule has 2 atom stereocenters. The molecule has 0 radical (unpaired) electrons. The lowest BCUT2D eigenvalue weighted by atomic mass is 10.0. The summed E-state index contributed by atoms with van der Waals surface area (Å²) in [7, 11) is 0.677. The molecule has 0 bridgehead atoms. The Hall–Kier alpha value is -3.92. The highest BCUT2D eigenvalue weighted by atomic mass is 31.2. The molecule has 2 rings (SSSR count). The molecule has 0 heterocycles. The number of benzene rings is 2.